The summed E-state index contributed by atoms with van der Waals surface area (Å²) in [5.41, 5.74) is 3.36. The van der Waals surface area contributed by atoms with Crippen LogP contribution in [0.1, 0.15) is 5.56 Å². The zero-order chi connectivity index (χ0) is 16.5. The van der Waals surface area contributed by atoms with E-state index in [2.05, 4.69) is 4.98 Å². The summed E-state index contributed by atoms with van der Waals surface area (Å²) in [6.45, 7) is 0.670. The molecule has 2 aromatic carbocycles. The highest BCUT2D eigenvalue weighted by atomic mass is 35.5. The SMILES string of the molecule is Fc1ccc(C[n+]2ccc(-c3nc4cc(Cl)ccc4o3)cc2)cc1. The van der Waals surface area contributed by atoms with Crippen LogP contribution < -0.4 is 4.57 Å². The Balaban J connectivity index is 1.59. The van der Waals surface area contributed by atoms with Gasteiger partial charge in [0.15, 0.2) is 24.5 Å². The normalized spacial score (nSPS) is 11.1. The van der Waals surface area contributed by atoms with E-state index in [1.165, 1.54) is 12.1 Å². The predicted molar refractivity (Wildman–Crippen MR) is 90.2 cm³/mol. The van der Waals surface area contributed by atoms with Crippen molar-refractivity contribution in [1.82, 2.24) is 4.98 Å². The van der Waals surface area contributed by atoms with E-state index >= 15 is 0 Å². The average molecular weight is 340 g/mol. The molecule has 4 aromatic rings. The van der Waals surface area contributed by atoms with Gasteiger partial charge in [-0.1, -0.05) is 11.6 Å². The highest BCUT2D eigenvalue weighted by molar-refractivity contribution is 6.31. The Labute approximate surface area is 143 Å². The highest BCUT2D eigenvalue weighted by Crippen LogP contribution is 2.25. The number of fused-ring (bicyclic) bond motifs is 1. The fourth-order valence-electron chi connectivity index (χ4n) is 2.53. The van der Waals surface area contributed by atoms with Gasteiger partial charge in [0.1, 0.15) is 11.3 Å². The van der Waals surface area contributed by atoms with Gasteiger partial charge in [-0.15, -0.1) is 0 Å². The second kappa shape index (κ2) is 6.06. The van der Waals surface area contributed by atoms with E-state index in [-0.39, 0.29) is 5.82 Å². The van der Waals surface area contributed by atoms with Crippen molar-refractivity contribution in [2.45, 2.75) is 6.54 Å². The third-order valence-electron chi connectivity index (χ3n) is 3.77. The van der Waals surface area contributed by atoms with E-state index in [0.717, 1.165) is 16.6 Å². The van der Waals surface area contributed by atoms with E-state index in [1.54, 1.807) is 24.3 Å². The molecule has 0 N–H and O–H groups in total. The second-order valence-electron chi connectivity index (χ2n) is 5.52. The predicted octanol–water partition coefficient (Wildman–Crippen LogP) is 4.62. The first-order valence-corrected chi connectivity index (χ1v) is 7.85. The molecule has 0 aliphatic heterocycles. The Morgan fingerprint density at radius 2 is 1.75 bits per heavy atom. The molecule has 0 fully saturated rings. The number of rotatable bonds is 3. The number of hydrogen-bond acceptors (Lipinski definition) is 2. The van der Waals surface area contributed by atoms with Crippen LogP contribution in [0.3, 0.4) is 0 Å². The topological polar surface area (TPSA) is 29.9 Å². The molecule has 0 unspecified atom stereocenters. The lowest BCUT2D eigenvalue weighted by molar-refractivity contribution is -0.688. The minimum Gasteiger partial charge on any atom is -0.436 e. The van der Waals surface area contributed by atoms with Gasteiger partial charge in [0.05, 0.1) is 0 Å². The molecule has 0 aliphatic rings. The average Bonchev–Trinajstić information content (AvgIpc) is 3.01. The third kappa shape index (κ3) is 3.01. The molecule has 4 rings (SSSR count). The van der Waals surface area contributed by atoms with Gasteiger partial charge >= 0.3 is 0 Å². The number of oxazole rings is 1. The quantitative estimate of drug-likeness (QED) is 0.510. The molecule has 118 valence electrons. The van der Waals surface area contributed by atoms with Gasteiger partial charge < -0.3 is 4.42 Å². The summed E-state index contributed by atoms with van der Waals surface area (Å²) in [4.78, 5) is 4.47. The van der Waals surface area contributed by atoms with Crippen molar-refractivity contribution in [3.8, 4) is 11.5 Å². The lowest BCUT2D eigenvalue weighted by Gasteiger charge is -1.99. The Morgan fingerprint density at radius 3 is 2.50 bits per heavy atom. The maximum atomic E-state index is 12.9. The minimum atomic E-state index is -0.227. The second-order valence-corrected chi connectivity index (χ2v) is 5.95. The summed E-state index contributed by atoms with van der Waals surface area (Å²) in [6.07, 6.45) is 3.89. The molecule has 24 heavy (non-hydrogen) atoms. The molecular formula is C19H13ClFN2O+. The van der Waals surface area contributed by atoms with Gasteiger partial charge in [-0.25, -0.2) is 13.9 Å². The molecule has 2 heterocycles. The van der Waals surface area contributed by atoms with Gasteiger partial charge in [-0.05, 0) is 42.5 Å². The molecule has 0 amide bonds. The molecule has 5 heteroatoms. The number of aromatic nitrogens is 2. The van der Waals surface area contributed by atoms with Crippen LogP contribution in [0.15, 0.2) is 71.4 Å². The van der Waals surface area contributed by atoms with E-state index < -0.39 is 0 Å². The van der Waals surface area contributed by atoms with Crippen molar-refractivity contribution in [1.29, 1.82) is 0 Å². The molecule has 0 saturated heterocycles. The zero-order valence-electron chi connectivity index (χ0n) is 12.6. The molecule has 0 bridgehead atoms. The number of hydrogen-bond donors (Lipinski definition) is 0. The molecule has 0 atom stereocenters. The van der Waals surface area contributed by atoms with Crippen LogP contribution in [-0.2, 0) is 6.54 Å². The first-order valence-electron chi connectivity index (χ1n) is 7.47. The fraction of sp³-hybridized carbons (Fsp3) is 0.0526. The third-order valence-corrected chi connectivity index (χ3v) is 4.00. The monoisotopic (exact) mass is 339 g/mol. The lowest BCUT2D eigenvalue weighted by Crippen LogP contribution is -2.32. The van der Waals surface area contributed by atoms with Crippen molar-refractivity contribution in [2.75, 3.05) is 0 Å². The van der Waals surface area contributed by atoms with Gasteiger partial charge in [0, 0.05) is 28.3 Å². The summed E-state index contributed by atoms with van der Waals surface area (Å²) in [7, 11) is 0. The fourth-order valence-corrected chi connectivity index (χ4v) is 2.70. The highest BCUT2D eigenvalue weighted by Gasteiger charge is 2.11. The van der Waals surface area contributed by atoms with E-state index in [1.807, 2.05) is 35.2 Å². The molecule has 3 nitrogen and oxygen atoms in total. The van der Waals surface area contributed by atoms with E-state index in [0.29, 0.717) is 23.0 Å². The van der Waals surface area contributed by atoms with Crippen molar-refractivity contribution in [2.24, 2.45) is 0 Å². The number of nitrogens with zero attached hydrogens (tertiary/aromatic N) is 2. The van der Waals surface area contributed by atoms with Gasteiger partial charge in [0.2, 0.25) is 5.89 Å². The Bertz CT molecular complexity index is 994. The molecule has 0 radical (unpaired) electrons. The molecular weight excluding hydrogens is 327 g/mol. The first-order chi connectivity index (χ1) is 11.7. The standard InChI is InChI=1S/C19H13ClFN2O/c20-15-3-6-18-17(11-15)22-19(24-18)14-7-9-23(10-8-14)12-13-1-4-16(21)5-2-13/h1-11H,12H2/q+1. The van der Waals surface area contributed by atoms with Crippen LogP contribution in [0, 0.1) is 5.82 Å². The minimum absolute atomic E-state index is 0.227. The molecule has 0 spiro atoms. The van der Waals surface area contributed by atoms with E-state index in [9.17, 15) is 4.39 Å². The van der Waals surface area contributed by atoms with Crippen LogP contribution in [0.2, 0.25) is 5.02 Å². The smallest absolute Gasteiger partial charge is 0.227 e. The van der Waals surface area contributed by atoms with Crippen LogP contribution in [0.25, 0.3) is 22.6 Å². The Morgan fingerprint density at radius 1 is 1.00 bits per heavy atom. The van der Waals surface area contributed by atoms with Crippen LogP contribution >= 0.6 is 11.6 Å². The van der Waals surface area contributed by atoms with Crippen molar-refractivity contribution in [3.63, 3.8) is 0 Å². The number of benzene rings is 2. The maximum Gasteiger partial charge on any atom is 0.227 e. The van der Waals surface area contributed by atoms with Gasteiger partial charge in [-0.3, -0.25) is 0 Å². The van der Waals surface area contributed by atoms with Crippen LogP contribution in [-0.4, -0.2) is 4.98 Å². The van der Waals surface area contributed by atoms with Crippen molar-refractivity contribution >= 4 is 22.7 Å². The number of pyridine rings is 1. The molecule has 0 saturated carbocycles. The summed E-state index contributed by atoms with van der Waals surface area (Å²) < 4.78 is 20.7. The lowest BCUT2D eigenvalue weighted by atomic mass is 10.2. The Hall–Kier alpha value is -2.72. The summed E-state index contributed by atoms with van der Waals surface area (Å²) in [5, 5.41) is 0.632. The summed E-state index contributed by atoms with van der Waals surface area (Å²) in [5.74, 6) is 0.330. The van der Waals surface area contributed by atoms with Crippen molar-refractivity contribution in [3.05, 3.63) is 83.4 Å². The summed E-state index contributed by atoms with van der Waals surface area (Å²) >= 11 is 5.97. The first kappa shape index (κ1) is 14.8. The van der Waals surface area contributed by atoms with Gasteiger partial charge in [-0.2, -0.15) is 0 Å². The maximum absolute atomic E-state index is 12.9. The molecule has 2 aromatic heterocycles. The van der Waals surface area contributed by atoms with Crippen LogP contribution in [0.5, 0.6) is 0 Å². The zero-order valence-corrected chi connectivity index (χ0v) is 13.4. The van der Waals surface area contributed by atoms with E-state index in [4.69, 9.17) is 16.0 Å². The number of halogens is 2. The van der Waals surface area contributed by atoms with Crippen molar-refractivity contribution < 1.29 is 13.4 Å². The van der Waals surface area contributed by atoms with Crippen LogP contribution in [0.4, 0.5) is 4.39 Å². The Kier molecular flexibility index (Phi) is 3.75. The largest absolute Gasteiger partial charge is 0.436 e. The van der Waals surface area contributed by atoms with Gasteiger partial charge in [0.25, 0.3) is 0 Å². The summed E-state index contributed by atoms with van der Waals surface area (Å²) in [6, 6.07) is 15.7. The molecule has 0 aliphatic carbocycles.